The zero-order valence-corrected chi connectivity index (χ0v) is 7.95. The van der Waals surface area contributed by atoms with Crippen LogP contribution in [0.5, 0.6) is 11.5 Å². The van der Waals surface area contributed by atoms with E-state index in [-0.39, 0.29) is 17.3 Å². The molecule has 1 aromatic carbocycles. The summed E-state index contributed by atoms with van der Waals surface area (Å²) >= 11 is 0. The average molecular weight is 192 g/mol. The van der Waals surface area contributed by atoms with E-state index in [0.717, 1.165) is 12.0 Å². The number of hydrogen-bond donors (Lipinski definition) is 2. The molecule has 14 heavy (non-hydrogen) atoms. The lowest BCUT2D eigenvalue weighted by molar-refractivity contribution is 0.0953. The molecule has 0 amide bonds. The lowest BCUT2D eigenvalue weighted by atomic mass is 9.84. The van der Waals surface area contributed by atoms with Crippen LogP contribution < -0.4 is 0 Å². The van der Waals surface area contributed by atoms with E-state index in [0.29, 0.717) is 17.9 Å². The molecular formula is C11H12O3. The Morgan fingerprint density at radius 3 is 2.57 bits per heavy atom. The van der Waals surface area contributed by atoms with Crippen LogP contribution in [-0.2, 0) is 6.42 Å². The number of fused-ring (bicyclic) bond motifs is 1. The number of hydrogen-bond acceptors (Lipinski definition) is 3. The van der Waals surface area contributed by atoms with Crippen LogP contribution in [0.1, 0.15) is 29.3 Å². The van der Waals surface area contributed by atoms with Gasteiger partial charge in [0.25, 0.3) is 0 Å². The third kappa shape index (κ3) is 1.35. The standard InChI is InChI=1S/C11H12O3/c1-6-2-7-4-10(13)11(14)5-8(7)9(12)3-6/h4-6,13-14H,2-3H2,1H3/t6-/m0/s1. The molecule has 0 aliphatic heterocycles. The second-order valence-corrected chi connectivity index (χ2v) is 3.93. The van der Waals surface area contributed by atoms with Crippen LogP contribution in [0.15, 0.2) is 12.1 Å². The summed E-state index contributed by atoms with van der Waals surface area (Å²) in [6.07, 6.45) is 1.31. The van der Waals surface area contributed by atoms with Crippen molar-refractivity contribution < 1.29 is 15.0 Å². The molecule has 0 spiro atoms. The minimum atomic E-state index is -0.216. The second kappa shape index (κ2) is 3.01. The topological polar surface area (TPSA) is 57.5 Å². The molecular weight excluding hydrogens is 180 g/mol. The quantitative estimate of drug-likeness (QED) is 0.617. The number of Topliss-reactive ketones (excluding diaryl/α,β-unsaturated/α-hetero) is 1. The van der Waals surface area contributed by atoms with E-state index in [1.807, 2.05) is 6.92 Å². The Kier molecular flexibility index (Phi) is 1.95. The highest BCUT2D eigenvalue weighted by Crippen LogP contribution is 2.33. The maximum absolute atomic E-state index is 11.6. The Morgan fingerprint density at radius 1 is 1.21 bits per heavy atom. The summed E-state index contributed by atoms with van der Waals surface area (Å²) < 4.78 is 0. The molecule has 1 aliphatic rings. The molecule has 74 valence electrons. The maximum Gasteiger partial charge on any atom is 0.163 e. The molecule has 2 N–H and O–H groups in total. The Bertz CT molecular complexity index is 396. The number of ketones is 1. The maximum atomic E-state index is 11.6. The molecule has 0 unspecified atom stereocenters. The van der Waals surface area contributed by atoms with Crippen molar-refractivity contribution in [1.29, 1.82) is 0 Å². The van der Waals surface area contributed by atoms with Crippen LogP contribution in [0, 0.1) is 5.92 Å². The van der Waals surface area contributed by atoms with Gasteiger partial charge in [0.1, 0.15) is 0 Å². The van der Waals surface area contributed by atoms with Crippen molar-refractivity contribution in [2.24, 2.45) is 5.92 Å². The first-order valence-electron chi connectivity index (χ1n) is 4.66. The van der Waals surface area contributed by atoms with Crippen molar-refractivity contribution >= 4 is 5.78 Å². The number of rotatable bonds is 0. The van der Waals surface area contributed by atoms with E-state index >= 15 is 0 Å². The van der Waals surface area contributed by atoms with Crippen molar-refractivity contribution in [2.45, 2.75) is 19.8 Å². The molecule has 0 saturated carbocycles. The van der Waals surface area contributed by atoms with Crippen molar-refractivity contribution in [1.82, 2.24) is 0 Å². The van der Waals surface area contributed by atoms with Gasteiger partial charge in [0, 0.05) is 12.0 Å². The Morgan fingerprint density at radius 2 is 1.86 bits per heavy atom. The molecule has 0 aromatic heterocycles. The molecule has 1 atom stereocenters. The lowest BCUT2D eigenvalue weighted by Crippen LogP contribution is -2.17. The number of carbonyl (C=O) groups excluding carboxylic acids is 1. The van der Waals surface area contributed by atoms with Crippen molar-refractivity contribution in [3.63, 3.8) is 0 Å². The molecule has 0 heterocycles. The first-order chi connectivity index (χ1) is 6.58. The van der Waals surface area contributed by atoms with E-state index < -0.39 is 0 Å². The van der Waals surface area contributed by atoms with Gasteiger partial charge < -0.3 is 10.2 Å². The van der Waals surface area contributed by atoms with Gasteiger partial charge in [-0.1, -0.05) is 6.92 Å². The first-order valence-corrected chi connectivity index (χ1v) is 4.66. The van der Waals surface area contributed by atoms with E-state index in [1.165, 1.54) is 12.1 Å². The summed E-state index contributed by atoms with van der Waals surface area (Å²) in [6, 6.07) is 2.84. The van der Waals surface area contributed by atoms with E-state index in [2.05, 4.69) is 0 Å². The van der Waals surface area contributed by atoms with Gasteiger partial charge in [-0.2, -0.15) is 0 Å². The normalized spacial score (nSPS) is 20.6. The van der Waals surface area contributed by atoms with Crippen LogP contribution in [0.2, 0.25) is 0 Å². The summed E-state index contributed by atoms with van der Waals surface area (Å²) in [6.45, 7) is 2.00. The van der Waals surface area contributed by atoms with E-state index in [1.54, 1.807) is 0 Å². The fourth-order valence-electron chi connectivity index (χ4n) is 1.92. The Balaban J connectivity index is 2.55. The number of phenolic OH excluding ortho intramolecular Hbond substituents is 2. The molecule has 1 aromatic rings. The van der Waals surface area contributed by atoms with Crippen LogP contribution >= 0.6 is 0 Å². The van der Waals surface area contributed by atoms with Gasteiger partial charge in [0.05, 0.1) is 0 Å². The zero-order valence-electron chi connectivity index (χ0n) is 7.95. The lowest BCUT2D eigenvalue weighted by Gasteiger charge is -2.20. The number of phenols is 2. The van der Waals surface area contributed by atoms with Crippen LogP contribution in [0.3, 0.4) is 0 Å². The monoisotopic (exact) mass is 192 g/mol. The van der Waals surface area contributed by atoms with Crippen molar-refractivity contribution in [2.75, 3.05) is 0 Å². The molecule has 0 saturated heterocycles. The molecule has 0 radical (unpaired) electrons. The van der Waals surface area contributed by atoms with Gasteiger partial charge in [0.2, 0.25) is 0 Å². The van der Waals surface area contributed by atoms with Crippen LogP contribution in [0.4, 0.5) is 0 Å². The number of carbonyl (C=O) groups is 1. The third-order valence-corrected chi connectivity index (χ3v) is 2.60. The zero-order chi connectivity index (χ0) is 10.3. The Hall–Kier alpha value is -1.51. The van der Waals surface area contributed by atoms with Crippen LogP contribution in [0.25, 0.3) is 0 Å². The van der Waals surface area contributed by atoms with Gasteiger partial charge in [0.15, 0.2) is 17.3 Å². The molecule has 3 nitrogen and oxygen atoms in total. The SMILES string of the molecule is C[C@@H]1CC(=O)c2cc(O)c(O)cc2C1. The van der Waals surface area contributed by atoms with Gasteiger partial charge in [-0.05, 0) is 30.0 Å². The molecule has 3 heteroatoms. The second-order valence-electron chi connectivity index (χ2n) is 3.93. The number of aromatic hydroxyl groups is 2. The molecule has 1 aliphatic carbocycles. The fourth-order valence-corrected chi connectivity index (χ4v) is 1.92. The van der Waals surface area contributed by atoms with Gasteiger partial charge in [-0.15, -0.1) is 0 Å². The Labute approximate surface area is 82.0 Å². The smallest absolute Gasteiger partial charge is 0.163 e. The van der Waals surface area contributed by atoms with Gasteiger partial charge in [-0.25, -0.2) is 0 Å². The summed E-state index contributed by atoms with van der Waals surface area (Å²) in [4.78, 5) is 11.6. The van der Waals surface area contributed by atoms with Crippen molar-refractivity contribution in [3.05, 3.63) is 23.3 Å². The summed E-state index contributed by atoms with van der Waals surface area (Å²) in [7, 11) is 0. The third-order valence-electron chi connectivity index (χ3n) is 2.60. The summed E-state index contributed by atoms with van der Waals surface area (Å²) in [5, 5.41) is 18.5. The average Bonchev–Trinajstić information content (AvgIpc) is 2.08. The minimum absolute atomic E-state index is 0.0500. The van der Waals surface area contributed by atoms with Gasteiger partial charge >= 0.3 is 0 Å². The fraction of sp³-hybridized carbons (Fsp3) is 0.364. The first kappa shape index (κ1) is 9.06. The number of benzene rings is 1. The van der Waals surface area contributed by atoms with E-state index in [9.17, 15) is 15.0 Å². The molecule has 0 bridgehead atoms. The highest BCUT2D eigenvalue weighted by Gasteiger charge is 2.23. The van der Waals surface area contributed by atoms with Crippen LogP contribution in [-0.4, -0.2) is 16.0 Å². The summed E-state index contributed by atoms with van der Waals surface area (Å²) in [5.74, 6) is 0.00490. The highest BCUT2D eigenvalue weighted by molar-refractivity contribution is 5.99. The predicted octanol–water partition coefficient (Wildman–Crippen LogP) is 1.86. The largest absolute Gasteiger partial charge is 0.504 e. The van der Waals surface area contributed by atoms with Crippen molar-refractivity contribution in [3.8, 4) is 11.5 Å². The molecule has 2 rings (SSSR count). The predicted molar refractivity (Wildman–Crippen MR) is 51.6 cm³/mol. The minimum Gasteiger partial charge on any atom is -0.504 e. The van der Waals surface area contributed by atoms with E-state index in [4.69, 9.17) is 0 Å². The molecule has 0 fully saturated rings. The summed E-state index contributed by atoms with van der Waals surface area (Å²) in [5.41, 5.74) is 1.39. The van der Waals surface area contributed by atoms with Gasteiger partial charge in [-0.3, -0.25) is 4.79 Å². The highest BCUT2D eigenvalue weighted by atomic mass is 16.3.